The Morgan fingerprint density at radius 1 is 0.479 bits per heavy atom. The van der Waals surface area contributed by atoms with Gasteiger partial charge in [0.15, 0.2) is 54.1 Å². The number of esters is 10. The molecular weight excluding hydrogens is 980 g/mol. The fourth-order valence-corrected chi connectivity index (χ4v) is 7.62. The van der Waals surface area contributed by atoms with Crippen LogP contribution >= 0.6 is 0 Å². The van der Waals surface area contributed by atoms with Gasteiger partial charge in [-0.25, -0.2) is 0 Å². The summed E-state index contributed by atoms with van der Waals surface area (Å²) in [5.74, 6) is -12.1. The van der Waals surface area contributed by atoms with Crippen molar-refractivity contribution in [3.63, 3.8) is 0 Å². The van der Waals surface area contributed by atoms with Crippen LogP contribution in [0.15, 0.2) is 39.5 Å². The molecule has 5 rings (SSSR count). The quantitative estimate of drug-likeness (QED) is 0.113. The summed E-state index contributed by atoms with van der Waals surface area (Å²) in [5.41, 5.74) is -1.75. The highest BCUT2D eigenvalue weighted by molar-refractivity contribution is 5.91. The zero-order valence-corrected chi connectivity index (χ0v) is 41.0. The summed E-state index contributed by atoms with van der Waals surface area (Å²) in [6.45, 7) is 10.8. The summed E-state index contributed by atoms with van der Waals surface area (Å²) < 4.78 is 85.2. The Kier molecular flexibility index (Phi) is 18.4. The van der Waals surface area contributed by atoms with Crippen molar-refractivity contribution in [3.05, 3.63) is 40.6 Å². The molecule has 2 aliphatic rings. The maximum atomic E-state index is 15.1. The van der Waals surface area contributed by atoms with Crippen molar-refractivity contribution in [2.75, 3.05) is 6.61 Å². The van der Waals surface area contributed by atoms with Crippen molar-refractivity contribution >= 4 is 70.7 Å². The molecule has 394 valence electrons. The number of hydrogen-bond acceptors (Lipinski definition) is 26. The molecule has 3 aromatic rings. The molecule has 0 saturated carbocycles. The van der Waals surface area contributed by atoms with Crippen molar-refractivity contribution < 1.29 is 119 Å². The predicted octanol–water partition coefficient (Wildman–Crippen LogP) is 2.62. The number of benzene rings is 2. The minimum atomic E-state index is -2.14. The van der Waals surface area contributed by atoms with E-state index in [0.29, 0.717) is 0 Å². The van der Waals surface area contributed by atoms with Gasteiger partial charge in [0, 0.05) is 86.9 Å². The largest absolute Gasteiger partial charge is 0.456 e. The topological polar surface area (TPSA) is 330 Å². The highest BCUT2D eigenvalue weighted by Crippen LogP contribution is 2.42. The van der Waals surface area contributed by atoms with E-state index in [2.05, 4.69) is 0 Å². The normalized spacial score (nSPS) is 23.3. The molecule has 0 bridgehead atoms. The third-order valence-corrected chi connectivity index (χ3v) is 9.91. The smallest absolute Gasteiger partial charge is 0.308 e. The van der Waals surface area contributed by atoms with E-state index in [-0.39, 0.29) is 22.8 Å². The zero-order chi connectivity index (χ0) is 54.2. The average Bonchev–Trinajstić information content (AvgIpc) is 3.24. The molecular formula is C47H50O26. The molecule has 1 aromatic heterocycles. The van der Waals surface area contributed by atoms with Crippen molar-refractivity contribution in [2.45, 2.75) is 138 Å². The lowest BCUT2D eigenvalue weighted by atomic mass is 9.97. The Bertz CT molecular complexity index is 2740. The lowest BCUT2D eigenvalue weighted by molar-refractivity contribution is -0.323. The van der Waals surface area contributed by atoms with Gasteiger partial charge in [-0.05, 0) is 25.1 Å². The first kappa shape index (κ1) is 56.0. The monoisotopic (exact) mass is 1030 g/mol. The van der Waals surface area contributed by atoms with Crippen molar-refractivity contribution in [2.24, 2.45) is 0 Å². The Morgan fingerprint density at radius 3 is 1.48 bits per heavy atom. The van der Waals surface area contributed by atoms with Gasteiger partial charge < -0.3 is 70.7 Å². The van der Waals surface area contributed by atoms with E-state index in [1.165, 1.54) is 13.0 Å². The average molecular weight is 1030 g/mol. The molecule has 2 aromatic carbocycles. The number of rotatable bonds is 16. The summed E-state index contributed by atoms with van der Waals surface area (Å²) >= 11 is 0. The molecule has 2 aliphatic heterocycles. The van der Waals surface area contributed by atoms with Crippen LogP contribution in [0.4, 0.5) is 0 Å². The molecule has 2 fully saturated rings. The van der Waals surface area contributed by atoms with E-state index >= 15 is 4.79 Å². The Balaban J connectivity index is 1.76. The zero-order valence-electron chi connectivity index (χ0n) is 41.0. The van der Waals surface area contributed by atoms with Crippen LogP contribution in [0.2, 0.25) is 0 Å². The maximum Gasteiger partial charge on any atom is 0.308 e. The molecule has 3 heterocycles. The first-order valence-corrected chi connectivity index (χ1v) is 21.9. The standard InChI is InChI=1S/C47H50O26/c1-18-38(65-23(6)52)42(67-25(8)54)44(69-27(10)56)46(60-18)59-17-35-40(66-24(7)53)43(68-26(9)55)45(70-28(11)57)47(72-35)73-41-37(58)36-33(64-22(5)51)15-30(61-19(2)48)16-34(36)71-39(41)29-12-13-31(62-20(3)49)32(14-29)63-21(4)50/h12-16,18,35,38,40,42-47H,17H2,1-11H3/t18-,35+,38-,40+,42+,43-,44+,45+,46+,47-/m0/s1. The third kappa shape index (κ3) is 14.6. The third-order valence-electron chi connectivity index (χ3n) is 9.91. The summed E-state index contributed by atoms with van der Waals surface area (Å²) in [6.07, 6.45) is -16.9. The number of carbonyl (C=O) groups is 10. The molecule has 0 amide bonds. The van der Waals surface area contributed by atoms with Crippen LogP contribution in [-0.2, 0) is 90.6 Å². The van der Waals surface area contributed by atoms with Crippen LogP contribution < -0.4 is 29.1 Å². The molecule has 2 saturated heterocycles. The molecule has 0 spiro atoms. The van der Waals surface area contributed by atoms with Crippen LogP contribution in [0.3, 0.4) is 0 Å². The Morgan fingerprint density at radius 2 is 0.945 bits per heavy atom. The minimum Gasteiger partial charge on any atom is -0.456 e. The highest BCUT2D eigenvalue weighted by Gasteiger charge is 2.55. The molecule has 0 unspecified atom stereocenters. The van der Waals surface area contributed by atoms with Gasteiger partial charge >= 0.3 is 59.7 Å². The van der Waals surface area contributed by atoms with Crippen molar-refractivity contribution in [3.8, 4) is 40.1 Å². The van der Waals surface area contributed by atoms with Gasteiger partial charge in [0.05, 0.1) is 12.7 Å². The van der Waals surface area contributed by atoms with E-state index in [4.69, 9.17) is 70.7 Å². The van der Waals surface area contributed by atoms with Gasteiger partial charge in [-0.1, -0.05) is 0 Å². The highest BCUT2D eigenvalue weighted by atomic mass is 16.8. The second-order valence-corrected chi connectivity index (χ2v) is 16.1. The van der Waals surface area contributed by atoms with Gasteiger partial charge in [0.2, 0.25) is 23.6 Å². The summed E-state index contributed by atoms with van der Waals surface area (Å²) in [6, 6.07) is 5.59. The number of carbonyl (C=O) groups excluding carboxylic acids is 10. The van der Waals surface area contributed by atoms with Gasteiger partial charge in [-0.3, -0.25) is 52.7 Å². The van der Waals surface area contributed by atoms with Crippen LogP contribution in [0, 0.1) is 0 Å². The minimum absolute atomic E-state index is 0.170. The van der Waals surface area contributed by atoms with E-state index < -0.39 is 161 Å². The second-order valence-electron chi connectivity index (χ2n) is 16.1. The van der Waals surface area contributed by atoms with Crippen molar-refractivity contribution in [1.29, 1.82) is 0 Å². The summed E-state index contributed by atoms with van der Waals surface area (Å²) in [5, 5.41) is -0.523. The summed E-state index contributed by atoms with van der Waals surface area (Å²) in [7, 11) is 0. The predicted molar refractivity (Wildman–Crippen MR) is 236 cm³/mol. The molecule has 0 N–H and O–H groups in total. The van der Waals surface area contributed by atoms with E-state index in [1.807, 2.05) is 0 Å². The number of fused-ring (bicyclic) bond motifs is 1. The second kappa shape index (κ2) is 24.0. The number of ether oxygens (including phenoxy) is 14. The van der Waals surface area contributed by atoms with Gasteiger partial charge in [0.1, 0.15) is 28.6 Å². The molecule has 10 atom stereocenters. The van der Waals surface area contributed by atoms with Crippen LogP contribution in [0.25, 0.3) is 22.3 Å². The first-order chi connectivity index (χ1) is 34.2. The van der Waals surface area contributed by atoms with Crippen LogP contribution in [0.1, 0.15) is 76.2 Å². The van der Waals surface area contributed by atoms with E-state index in [0.717, 1.165) is 93.5 Å². The molecule has 26 heteroatoms. The van der Waals surface area contributed by atoms with Gasteiger partial charge in [-0.2, -0.15) is 0 Å². The van der Waals surface area contributed by atoms with E-state index in [1.54, 1.807) is 0 Å². The SMILES string of the molecule is CC(=O)Oc1cc(OC(C)=O)c2c(=O)c(O[C@@H]3O[C@H](CO[C@@H]4O[C@@H](C)[C@H](OC(C)=O)[C@@H](OC(C)=O)[C@H]4OC(C)=O)[C@@H](OC(C)=O)[C@H](OC(C)=O)[C@H]3OC(C)=O)c(-c3ccc(OC(C)=O)c(OC(C)=O)c3)oc2c1. The maximum absolute atomic E-state index is 15.1. The summed E-state index contributed by atoms with van der Waals surface area (Å²) in [4.78, 5) is 139. The number of hydrogen-bond donors (Lipinski definition) is 0. The van der Waals surface area contributed by atoms with Crippen LogP contribution in [-0.4, -0.2) is 128 Å². The Labute approximate surface area is 413 Å². The van der Waals surface area contributed by atoms with Gasteiger partial charge in [-0.15, -0.1) is 0 Å². The molecule has 0 aliphatic carbocycles. The lowest BCUT2D eigenvalue weighted by Crippen LogP contribution is -2.65. The molecule has 26 nitrogen and oxygen atoms in total. The van der Waals surface area contributed by atoms with Crippen molar-refractivity contribution in [1.82, 2.24) is 0 Å². The molecule has 0 radical (unpaired) electrons. The van der Waals surface area contributed by atoms with Gasteiger partial charge in [0.25, 0.3) is 0 Å². The lowest BCUT2D eigenvalue weighted by Gasteiger charge is -2.46. The first-order valence-electron chi connectivity index (χ1n) is 21.9. The van der Waals surface area contributed by atoms with Crippen LogP contribution in [0.5, 0.6) is 28.7 Å². The van der Waals surface area contributed by atoms with E-state index in [9.17, 15) is 47.9 Å². The molecule has 73 heavy (non-hydrogen) atoms. The fraction of sp³-hybridized carbons (Fsp3) is 0.468. The fourth-order valence-electron chi connectivity index (χ4n) is 7.62. The Hall–Kier alpha value is -7.97.